The third-order valence-electron chi connectivity index (χ3n) is 5.80. The van der Waals surface area contributed by atoms with Crippen LogP contribution in [0.15, 0.2) is 60.9 Å². The Balaban J connectivity index is 1.46. The lowest BCUT2D eigenvalue weighted by Crippen LogP contribution is -2.29. The maximum absolute atomic E-state index is 11.1. The summed E-state index contributed by atoms with van der Waals surface area (Å²) < 4.78 is 28.3. The van der Waals surface area contributed by atoms with Crippen LogP contribution < -0.4 is 4.74 Å². The third-order valence-corrected chi connectivity index (χ3v) is 6.32. The van der Waals surface area contributed by atoms with E-state index in [1.807, 2.05) is 48.5 Å². The predicted molar refractivity (Wildman–Crippen MR) is 135 cm³/mol. The summed E-state index contributed by atoms with van der Waals surface area (Å²) >= 11 is 0. The van der Waals surface area contributed by atoms with Gasteiger partial charge in [-0.2, -0.15) is 0 Å². The van der Waals surface area contributed by atoms with Gasteiger partial charge in [0.05, 0.1) is 25.9 Å². The number of nitrogens with zero attached hydrogens (tertiary/aromatic N) is 2. The van der Waals surface area contributed by atoms with Gasteiger partial charge in [0.25, 0.3) is 0 Å². The molecule has 1 aliphatic rings. The maximum Gasteiger partial charge on any atom is 0.469 e. The monoisotopic (exact) mass is 528 g/mol. The highest BCUT2D eigenvalue weighted by Gasteiger charge is 2.28. The van der Waals surface area contributed by atoms with Crippen molar-refractivity contribution in [2.24, 2.45) is 0 Å². The van der Waals surface area contributed by atoms with Crippen molar-refractivity contribution in [1.29, 1.82) is 0 Å². The first-order valence-electron chi connectivity index (χ1n) is 11.7. The topological polar surface area (TPSA) is 144 Å². The predicted octanol–water partition coefficient (Wildman–Crippen LogP) is 2.83. The molecule has 0 bridgehead atoms. The van der Waals surface area contributed by atoms with Crippen LogP contribution in [0.4, 0.5) is 0 Å². The summed E-state index contributed by atoms with van der Waals surface area (Å²) in [6.45, 7) is 2.01. The lowest BCUT2D eigenvalue weighted by atomic mass is 10.0. The molecule has 10 nitrogen and oxygen atoms in total. The minimum atomic E-state index is -4.60. The van der Waals surface area contributed by atoms with Gasteiger partial charge in [-0.05, 0) is 42.3 Å². The molecule has 1 fully saturated rings. The summed E-state index contributed by atoms with van der Waals surface area (Å²) in [6, 6.07) is 14.7. The minimum Gasteiger partial charge on any atom is -0.485 e. The minimum absolute atomic E-state index is 0.185. The summed E-state index contributed by atoms with van der Waals surface area (Å²) in [6.07, 6.45) is 1.55. The van der Waals surface area contributed by atoms with Crippen LogP contribution in [0, 0.1) is 11.8 Å². The van der Waals surface area contributed by atoms with E-state index in [0.29, 0.717) is 18.2 Å². The number of hydrogen-bond donors (Lipinski definition) is 4. The third kappa shape index (κ3) is 7.51. The summed E-state index contributed by atoms with van der Waals surface area (Å²) in [5.74, 6) is 7.25. The van der Waals surface area contributed by atoms with Crippen molar-refractivity contribution in [2.45, 2.75) is 37.7 Å². The lowest BCUT2D eigenvalue weighted by molar-refractivity contribution is 0.0733. The number of hydrogen-bond acceptors (Lipinski definition) is 7. The molecule has 196 valence electrons. The van der Waals surface area contributed by atoms with Gasteiger partial charge in [0.2, 0.25) is 0 Å². The smallest absolute Gasteiger partial charge is 0.469 e. The number of ether oxygens (including phenoxy) is 2. The number of phosphoric ester groups is 1. The largest absolute Gasteiger partial charge is 0.485 e. The van der Waals surface area contributed by atoms with Gasteiger partial charge >= 0.3 is 7.82 Å². The quantitative estimate of drug-likeness (QED) is 0.243. The van der Waals surface area contributed by atoms with Gasteiger partial charge in [-0.15, -0.1) is 0 Å². The fourth-order valence-electron chi connectivity index (χ4n) is 3.93. The molecular formula is C26H29N2O8P. The Labute approximate surface area is 214 Å². The fourth-order valence-corrected chi connectivity index (χ4v) is 4.27. The first-order valence-corrected chi connectivity index (χ1v) is 13.3. The van der Waals surface area contributed by atoms with Crippen LogP contribution in [0.2, 0.25) is 0 Å². The summed E-state index contributed by atoms with van der Waals surface area (Å²) in [5, 5.41) is 19.8. The van der Waals surface area contributed by atoms with Crippen molar-refractivity contribution in [1.82, 2.24) is 9.55 Å². The summed E-state index contributed by atoms with van der Waals surface area (Å²) in [5.41, 5.74) is 2.72. The van der Waals surface area contributed by atoms with E-state index in [-0.39, 0.29) is 25.7 Å². The number of rotatable bonds is 9. The molecule has 1 aliphatic heterocycles. The SMILES string of the molecule is C[C@H](O)c1nccn1[C@@H](C#Cc1ccc(-c2ccc(O[C@@H]3COC[C@H]3O)cc2)cc1)CCOP(=O)(O)O. The molecule has 0 aliphatic carbocycles. The van der Waals surface area contributed by atoms with E-state index >= 15 is 0 Å². The molecule has 4 atom stereocenters. The lowest BCUT2D eigenvalue weighted by Gasteiger charge is -2.17. The van der Waals surface area contributed by atoms with E-state index in [2.05, 4.69) is 21.3 Å². The number of benzene rings is 2. The van der Waals surface area contributed by atoms with Crippen LogP contribution in [0.1, 0.15) is 36.9 Å². The highest BCUT2D eigenvalue weighted by molar-refractivity contribution is 7.46. The second-order valence-electron chi connectivity index (χ2n) is 8.63. The molecule has 1 saturated heterocycles. The van der Waals surface area contributed by atoms with Crippen LogP contribution in [0.5, 0.6) is 5.75 Å². The van der Waals surface area contributed by atoms with Gasteiger partial charge in [0, 0.05) is 24.4 Å². The van der Waals surface area contributed by atoms with Gasteiger partial charge < -0.3 is 34.0 Å². The second-order valence-corrected chi connectivity index (χ2v) is 9.87. The average molecular weight is 528 g/mol. The van der Waals surface area contributed by atoms with Crippen molar-refractivity contribution in [2.75, 3.05) is 19.8 Å². The molecule has 37 heavy (non-hydrogen) atoms. The Morgan fingerprint density at radius 1 is 1.14 bits per heavy atom. The standard InChI is InChI=1S/C26H29N2O8P/c1-18(29)26-27-13-14-28(26)22(12-15-35-37(31,32)33)9-4-19-2-5-20(6-3-19)21-7-10-23(11-8-21)36-25-17-34-16-24(25)30/h2-3,5-8,10-11,13-14,18,22,24-25,29-30H,12,15-17H2,1H3,(H2,31,32,33)/t18-,22-,24+,25+/m0/s1. The van der Waals surface area contributed by atoms with E-state index in [0.717, 1.165) is 16.7 Å². The molecule has 0 spiro atoms. The maximum atomic E-state index is 11.1. The van der Waals surface area contributed by atoms with Gasteiger partial charge in [0.1, 0.15) is 29.9 Å². The molecule has 2 aromatic carbocycles. The molecule has 0 saturated carbocycles. The van der Waals surface area contributed by atoms with Crippen molar-refractivity contribution in [3.8, 4) is 28.7 Å². The molecule has 4 rings (SSSR count). The highest BCUT2D eigenvalue weighted by Crippen LogP contribution is 2.36. The zero-order valence-corrected chi connectivity index (χ0v) is 21.1. The fraction of sp³-hybridized carbons (Fsp3) is 0.346. The van der Waals surface area contributed by atoms with Crippen molar-refractivity contribution < 1.29 is 38.6 Å². The number of phosphoric acid groups is 1. The molecular weight excluding hydrogens is 499 g/mol. The Kier molecular flexibility index (Phi) is 8.79. The average Bonchev–Trinajstić information content (AvgIpc) is 3.51. The van der Waals surface area contributed by atoms with Crippen LogP contribution in [-0.2, 0) is 13.8 Å². The molecule has 4 N–H and O–H groups in total. The molecule has 3 aromatic rings. The summed E-state index contributed by atoms with van der Waals surface area (Å²) in [7, 11) is -4.60. The zero-order valence-electron chi connectivity index (χ0n) is 20.2. The first-order chi connectivity index (χ1) is 17.7. The van der Waals surface area contributed by atoms with Gasteiger partial charge in [-0.1, -0.05) is 36.1 Å². The van der Waals surface area contributed by atoms with Gasteiger partial charge in [-0.3, -0.25) is 4.52 Å². The Morgan fingerprint density at radius 2 is 1.81 bits per heavy atom. The van der Waals surface area contributed by atoms with Crippen molar-refractivity contribution in [3.05, 3.63) is 72.3 Å². The molecule has 0 radical (unpaired) electrons. The van der Waals surface area contributed by atoms with E-state index in [4.69, 9.17) is 19.3 Å². The van der Waals surface area contributed by atoms with Crippen molar-refractivity contribution >= 4 is 7.82 Å². The van der Waals surface area contributed by atoms with E-state index in [1.54, 1.807) is 17.7 Å². The molecule has 1 aromatic heterocycles. The second kappa shape index (κ2) is 12.0. The van der Waals surface area contributed by atoms with E-state index in [1.165, 1.54) is 6.20 Å². The van der Waals surface area contributed by atoms with Crippen LogP contribution >= 0.6 is 7.82 Å². The normalized spacial score (nSPS) is 19.2. The number of imidazole rings is 1. The molecule has 2 heterocycles. The summed E-state index contributed by atoms with van der Waals surface area (Å²) in [4.78, 5) is 22.1. The van der Waals surface area contributed by atoms with E-state index in [9.17, 15) is 14.8 Å². The Hall–Kier alpha value is -3.00. The number of aliphatic hydroxyl groups excluding tert-OH is 2. The highest BCUT2D eigenvalue weighted by atomic mass is 31.2. The first kappa shape index (κ1) is 27.0. The molecule has 0 unspecified atom stereocenters. The number of aliphatic hydroxyl groups is 2. The zero-order chi connectivity index (χ0) is 26.4. The molecule has 11 heteroatoms. The van der Waals surface area contributed by atoms with Crippen LogP contribution in [-0.4, -0.2) is 61.6 Å². The Morgan fingerprint density at radius 3 is 2.41 bits per heavy atom. The van der Waals surface area contributed by atoms with Crippen molar-refractivity contribution in [3.63, 3.8) is 0 Å². The molecule has 0 amide bonds. The van der Waals surface area contributed by atoms with Crippen LogP contribution in [0.3, 0.4) is 0 Å². The van der Waals surface area contributed by atoms with Crippen LogP contribution in [0.25, 0.3) is 11.1 Å². The van der Waals surface area contributed by atoms with Gasteiger partial charge in [-0.25, -0.2) is 9.55 Å². The van der Waals surface area contributed by atoms with Gasteiger partial charge in [0.15, 0.2) is 0 Å². The van der Waals surface area contributed by atoms with E-state index < -0.39 is 26.1 Å². The Bertz CT molecular complexity index is 1270. The number of aromatic nitrogens is 2.